The molecule has 0 saturated carbocycles. The van der Waals surface area contributed by atoms with Crippen molar-refractivity contribution in [2.24, 2.45) is 0 Å². The molecule has 0 aromatic carbocycles. The van der Waals surface area contributed by atoms with E-state index >= 15 is 0 Å². The normalized spacial score (nSPS) is 24.3. The summed E-state index contributed by atoms with van der Waals surface area (Å²) in [5.74, 6) is 0.867. The van der Waals surface area contributed by atoms with E-state index in [1.54, 1.807) is 0 Å². The van der Waals surface area contributed by atoms with Gasteiger partial charge in [0.25, 0.3) is 0 Å². The molecular formula is C8H16N2OS. The second-order valence-electron chi connectivity index (χ2n) is 3.15. The van der Waals surface area contributed by atoms with E-state index in [2.05, 4.69) is 22.8 Å². The maximum absolute atomic E-state index is 11.4. The van der Waals surface area contributed by atoms with Crippen molar-refractivity contribution in [3.8, 4) is 0 Å². The molecule has 1 aliphatic heterocycles. The Hall–Kier alpha value is -0.220. The molecule has 0 spiro atoms. The summed E-state index contributed by atoms with van der Waals surface area (Å²) in [5.41, 5.74) is 0. The van der Waals surface area contributed by atoms with Gasteiger partial charge in [0.15, 0.2) is 0 Å². The third kappa shape index (κ3) is 2.38. The van der Waals surface area contributed by atoms with Crippen molar-refractivity contribution in [2.45, 2.75) is 18.9 Å². The lowest BCUT2D eigenvalue weighted by Gasteiger charge is -2.18. The number of rotatable bonds is 3. The third-order valence-electron chi connectivity index (χ3n) is 2.23. The highest BCUT2D eigenvalue weighted by atomic mass is 32.1. The lowest BCUT2D eigenvalue weighted by molar-refractivity contribution is -0.124. The van der Waals surface area contributed by atoms with Gasteiger partial charge in [-0.3, -0.25) is 9.69 Å². The summed E-state index contributed by atoms with van der Waals surface area (Å²) in [6.45, 7) is 1.71. The summed E-state index contributed by atoms with van der Waals surface area (Å²) < 4.78 is 0. The molecule has 1 heterocycles. The first-order chi connectivity index (χ1) is 5.75. The zero-order valence-corrected chi connectivity index (χ0v) is 8.31. The first kappa shape index (κ1) is 9.86. The summed E-state index contributed by atoms with van der Waals surface area (Å²) in [5, 5.41) is 2.85. The zero-order valence-electron chi connectivity index (χ0n) is 7.42. The number of nitrogens with one attached hydrogen (secondary N) is 1. The minimum Gasteiger partial charge on any atom is -0.354 e. The van der Waals surface area contributed by atoms with Crippen LogP contribution in [0.4, 0.5) is 0 Å². The summed E-state index contributed by atoms with van der Waals surface area (Å²) in [6, 6.07) is 0.102. The fourth-order valence-corrected chi connectivity index (χ4v) is 1.65. The molecule has 1 aliphatic rings. The topological polar surface area (TPSA) is 32.3 Å². The second-order valence-corrected chi connectivity index (χ2v) is 3.60. The van der Waals surface area contributed by atoms with E-state index in [0.717, 1.165) is 19.4 Å². The standard InChI is InChI=1S/C8H16N2OS/c1-10-5-2-3-7(10)8(11)9-4-6-12/h7,12H,2-6H2,1H3,(H,9,11). The van der Waals surface area contributed by atoms with E-state index in [9.17, 15) is 4.79 Å². The van der Waals surface area contributed by atoms with E-state index in [0.29, 0.717) is 12.3 Å². The van der Waals surface area contributed by atoms with Crippen LogP contribution in [0.15, 0.2) is 0 Å². The molecule has 1 rings (SSSR count). The van der Waals surface area contributed by atoms with Crippen LogP contribution in [0.2, 0.25) is 0 Å². The number of likely N-dealkylation sites (N-methyl/N-ethyl adjacent to an activating group) is 1. The fraction of sp³-hybridized carbons (Fsp3) is 0.875. The Balaban J connectivity index is 2.30. The van der Waals surface area contributed by atoms with Gasteiger partial charge in [-0.05, 0) is 26.4 Å². The Morgan fingerprint density at radius 1 is 1.75 bits per heavy atom. The van der Waals surface area contributed by atoms with Gasteiger partial charge in [-0.25, -0.2) is 0 Å². The van der Waals surface area contributed by atoms with E-state index in [-0.39, 0.29) is 11.9 Å². The van der Waals surface area contributed by atoms with Crippen molar-refractivity contribution in [1.82, 2.24) is 10.2 Å². The number of nitrogens with zero attached hydrogens (tertiary/aromatic N) is 1. The number of hydrogen-bond donors (Lipinski definition) is 2. The Morgan fingerprint density at radius 3 is 3.00 bits per heavy atom. The molecule has 0 aliphatic carbocycles. The number of hydrogen-bond acceptors (Lipinski definition) is 3. The molecule has 0 aromatic rings. The van der Waals surface area contributed by atoms with Gasteiger partial charge in [0.2, 0.25) is 5.91 Å². The minimum atomic E-state index is 0.102. The molecule has 1 saturated heterocycles. The average molecular weight is 188 g/mol. The first-order valence-electron chi connectivity index (χ1n) is 4.34. The molecule has 1 atom stereocenters. The maximum atomic E-state index is 11.4. The summed E-state index contributed by atoms with van der Waals surface area (Å²) in [4.78, 5) is 13.5. The second kappa shape index (κ2) is 4.72. The molecule has 0 aromatic heterocycles. The van der Waals surface area contributed by atoms with Gasteiger partial charge in [0, 0.05) is 12.3 Å². The highest BCUT2D eigenvalue weighted by molar-refractivity contribution is 7.80. The van der Waals surface area contributed by atoms with Crippen LogP contribution < -0.4 is 5.32 Å². The Kier molecular flexibility index (Phi) is 3.88. The number of amides is 1. The van der Waals surface area contributed by atoms with Gasteiger partial charge in [-0.15, -0.1) is 0 Å². The maximum Gasteiger partial charge on any atom is 0.237 e. The predicted octanol–water partition coefficient (Wildman–Crippen LogP) is 0.127. The van der Waals surface area contributed by atoms with Crippen molar-refractivity contribution in [3.63, 3.8) is 0 Å². The van der Waals surface area contributed by atoms with Gasteiger partial charge in [-0.1, -0.05) is 0 Å². The molecule has 70 valence electrons. The van der Waals surface area contributed by atoms with Gasteiger partial charge in [0.05, 0.1) is 6.04 Å². The predicted molar refractivity (Wildman–Crippen MR) is 52.5 cm³/mol. The lowest BCUT2D eigenvalue weighted by atomic mass is 10.2. The molecule has 12 heavy (non-hydrogen) atoms. The Labute approximate surface area is 78.9 Å². The number of thiol groups is 1. The molecule has 0 bridgehead atoms. The quantitative estimate of drug-likeness (QED) is 0.617. The van der Waals surface area contributed by atoms with Crippen molar-refractivity contribution in [1.29, 1.82) is 0 Å². The molecule has 0 radical (unpaired) electrons. The number of carbonyl (C=O) groups excluding carboxylic acids is 1. The van der Waals surface area contributed by atoms with Crippen LogP contribution >= 0.6 is 12.6 Å². The van der Waals surface area contributed by atoms with Crippen molar-refractivity contribution < 1.29 is 4.79 Å². The SMILES string of the molecule is CN1CCCC1C(=O)NCCS. The summed E-state index contributed by atoms with van der Waals surface area (Å²) in [7, 11) is 2.00. The highest BCUT2D eigenvalue weighted by Gasteiger charge is 2.26. The fourth-order valence-electron chi connectivity index (χ4n) is 1.54. The van der Waals surface area contributed by atoms with Crippen LogP contribution in [0.5, 0.6) is 0 Å². The monoisotopic (exact) mass is 188 g/mol. The van der Waals surface area contributed by atoms with Crippen molar-refractivity contribution in [3.05, 3.63) is 0 Å². The molecule has 4 heteroatoms. The molecular weight excluding hydrogens is 172 g/mol. The van der Waals surface area contributed by atoms with Crippen LogP contribution in [0.25, 0.3) is 0 Å². The van der Waals surface area contributed by atoms with Gasteiger partial charge in [-0.2, -0.15) is 12.6 Å². The largest absolute Gasteiger partial charge is 0.354 e. The van der Waals surface area contributed by atoms with Gasteiger partial charge in [0.1, 0.15) is 0 Å². The van der Waals surface area contributed by atoms with Crippen LogP contribution in [0.1, 0.15) is 12.8 Å². The first-order valence-corrected chi connectivity index (χ1v) is 4.97. The smallest absolute Gasteiger partial charge is 0.237 e. The molecule has 1 N–H and O–H groups in total. The van der Waals surface area contributed by atoms with Crippen LogP contribution in [-0.4, -0.2) is 42.7 Å². The molecule has 1 amide bonds. The average Bonchev–Trinajstić information content (AvgIpc) is 2.47. The summed E-state index contributed by atoms with van der Waals surface area (Å²) >= 11 is 4.03. The van der Waals surface area contributed by atoms with E-state index in [1.807, 2.05) is 7.05 Å². The van der Waals surface area contributed by atoms with Crippen molar-refractivity contribution >= 4 is 18.5 Å². The number of likely N-dealkylation sites (tertiary alicyclic amines) is 1. The van der Waals surface area contributed by atoms with Crippen LogP contribution in [-0.2, 0) is 4.79 Å². The third-order valence-corrected chi connectivity index (χ3v) is 2.46. The van der Waals surface area contributed by atoms with E-state index in [1.165, 1.54) is 0 Å². The summed E-state index contributed by atoms with van der Waals surface area (Å²) in [6.07, 6.45) is 2.13. The van der Waals surface area contributed by atoms with Crippen molar-refractivity contribution in [2.75, 3.05) is 25.9 Å². The minimum absolute atomic E-state index is 0.102. The van der Waals surface area contributed by atoms with Crippen LogP contribution in [0, 0.1) is 0 Å². The van der Waals surface area contributed by atoms with Gasteiger partial charge >= 0.3 is 0 Å². The Bertz CT molecular complexity index is 163. The van der Waals surface area contributed by atoms with Crippen LogP contribution in [0.3, 0.4) is 0 Å². The lowest BCUT2D eigenvalue weighted by Crippen LogP contribution is -2.41. The molecule has 1 unspecified atom stereocenters. The van der Waals surface area contributed by atoms with Gasteiger partial charge < -0.3 is 5.32 Å². The zero-order chi connectivity index (χ0) is 8.97. The van der Waals surface area contributed by atoms with E-state index < -0.39 is 0 Å². The van der Waals surface area contributed by atoms with E-state index in [4.69, 9.17) is 0 Å². The molecule has 1 fully saturated rings. The molecule has 3 nitrogen and oxygen atoms in total. The Morgan fingerprint density at radius 2 is 2.50 bits per heavy atom. The highest BCUT2D eigenvalue weighted by Crippen LogP contribution is 2.14. The number of carbonyl (C=O) groups is 1.